The zero-order chi connectivity index (χ0) is 20.9. The lowest BCUT2D eigenvalue weighted by atomic mass is 10.2. The quantitative estimate of drug-likeness (QED) is 0.327. The number of nitrogens with zero attached hydrogens (tertiary/aromatic N) is 5. The van der Waals surface area contributed by atoms with Crippen molar-refractivity contribution in [1.29, 1.82) is 0 Å². The predicted octanol–water partition coefficient (Wildman–Crippen LogP) is 2.83. The molecule has 0 aliphatic rings. The Bertz CT molecular complexity index is 1230. The van der Waals surface area contributed by atoms with Crippen molar-refractivity contribution in [2.45, 2.75) is 0 Å². The molecule has 0 saturated heterocycles. The Labute approximate surface area is 169 Å². The van der Waals surface area contributed by atoms with Crippen molar-refractivity contribution in [1.82, 2.24) is 25.4 Å². The van der Waals surface area contributed by atoms with Gasteiger partial charge in [-0.15, -0.1) is 0 Å². The molecule has 4 aromatic rings. The number of hydrogen-bond donors (Lipinski definition) is 3. The number of para-hydroxylation sites is 1. The van der Waals surface area contributed by atoms with Gasteiger partial charge in [0.05, 0.1) is 16.1 Å². The van der Waals surface area contributed by atoms with Crippen molar-refractivity contribution in [3.05, 3.63) is 83.1 Å². The molecule has 1 aromatic carbocycles. The summed E-state index contributed by atoms with van der Waals surface area (Å²) >= 11 is 0. The van der Waals surface area contributed by atoms with E-state index in [2.05, 4.69) is 36.1 Å². The summed E-state index contributed by atoms with van der Waals surface area (Å²) in [7, 11) is 0. The fourth-order valence-electron chi connectivity index (χ4n) is 2.76. The van der Waals surface area contributed by atoms with Crippen molar-refractivity contribution in [2.75, 3.05) is 10.7 Å². The number of nitrogens with one attached hydrogen (secondary N) is 3. The summed E-state index contributed by atoms with van der Waals surface area (Å²) in [5.74, 6) is -0.722. The third kappa shape index (κ3) is 3.80. The summed E-state index contributed by atoms with van der Waals surface area (Å²) in [6.07, 6.45) is 5.70. The van der Waals surface area contributed by atoms with E-state index in [0.717, 1.165) is 11.7 Å². The summed E-state index contributed by atoms with van der Waals surface area (Å²) in [5, 5.41) is 15.5. The maximum Gasteiger partial charge on any atom is 0.355 e. The lowest BCUT2D eigenvalue weighted by molar-refractivity contribution is -0.383. The van der Waals surface area contributed by atoms with Crippen molar-refractivity contribution in [2.24, 2.45) is 0 Å². The topological polar surface area (TPSA) is 148 Å². The van der Waals surface area contributed by atoms with E-state index >= 15 is 0 Å². The second kappa shape index (κ2) is 8.14. The Morgan fingerprint density at radius 3 is 2.50 bits per heavy atom. The van der Waals surface area contributed by atoms with E-state index in [1.54, 1.807) is 24.4 Å². The number of carbonyl (C=O) groups is 1. The van der Waals surface area contributed by atoms with Crippen LogP contribution in [-0.2, 0) is 0 Å². The molecule has 3 aromatic heterocycles. The largest absolute Gasteiger partial charge is 0.355 e. The van der Waals surface area contributed by atoms with Gasteiger partial charge in [0.25, 0.3) is 5.91 Å². The molecule has 11 nitrogen and oxygen atoms in total. The first-order valence-corrected chi connectivity index (χ1v) is 8.70. The number of aromatic nitrogens is 4. The van der Waals surface area contributed by atoms with Crippen molar-refractivity contribution in [3.63, 3.8) is 0 Å². The second-order valence-corrected chi connectivity index (χ2v) is 6.00. The maximum absolute atomic E-state index is 12.2. The number of carbonyl (C=O) groups excluding carboxylic acids is 1. The first-order valence-electron chi connectivity index (χ1n) is 8.70. The van der Waals surface area contributed by atoms with Gasteiger partial charge in [-0.1, -0.05) is 18.2 Å². The molecule has 30 heavy (non-hydrogen) atoms. The number of fused-ring (bicyclic) bond motifs is 1. The number of anilines is 3. The molecule has 0 unspecified atom stereocenters. The van der Waals surface area contributed by atoms with E-state index in [4.69, 9.17) is 0 Å². The molecular weight excluding hydrogens is 388 g/mol. The van der Waals surface area contributed by atoms with Gasteiger partial charge in [0.2, 0.25) is 11.6 Å². The lowest BCUT2D eigenvalue weighted by Gasteiger charge is -2.12. The zero-order valence-corrected chi connectivity index (χ0v) is 15.3. The number of hydrazine groups is 1. The Balaban J connectivity index is 1.63. The van der Waals surface area contributed by atoms with E-state index in [9.17, 15) is 14.9 Å². The highest BCUT2D eigenvalue weighted by molar-refractivity contribution is 5.95. The monoisotopic (exact) mass is 402 g/mol. The van der Waals surface area contributed by atoms with Gasteiger partial charge in [-0.25, -0.2) is 9.97 Å². The standard InChI is InChI=1S/C19H14N8O3/c28-19(13-6-9-20-10-7-13)26-25-18-16(27(29)30)17(22-11-23-18)24-14-5-1-3-12-4-2-8-21-15(12)14/h1-11H,(H,26,28)(H2,22,23,24,25). The molecule has 0 atom stereocenters. The summed E-state index contributed by atoms with van der Waals surface area (Å²) in [6.45, 7) is 0. The highest BCUT2D eigenvalue weighted by Crippen LogP contribution is 2.32. The summed E-state index contributed by atoms with van der Waals surface area (Å²) < 4.78 is 0. The predicted molar refractivity (Wildman–Crippen MR) is 109 cm³/mol. The minimum atomic E-state index is -0.637. The van der Waals surface area contributed by atoms with E-state index in [0.29, 0.717) is 16.8 Å². The molecule has 0 aliphatic carbocycles. The normalized spacial score (nSPS) is 10.4. The first kappa shape index (κ1) is 18.7. The van der Waals surface area contributed by atoms with Crippen LogP contribution in [0.2, 0.25) is 0 Å². The third-order valence-corrected chi connectivity index (χ3v) is 4.13. The van der Waals surface area contributed by atoms with E-state index in [-0.39, 0.29) is 11.6 Å². The molecule has 3 heterocycles. The SMILES string of the molecule is O=C(NNc1ncnc(Nc2cccc3cccnc23)c1[N+](=O)[O-])c1ccncc1. The minimum Gasteiger partial charge on any atom is -0.332 e. The Morgan fingerprint density at radius 1 is 0.933 bits per heavy atom. The van der Waals surface area contributed by atoms with Crippen molar-refractivity contribution in [3.8, 4) is 0 Å². The van der Waals surface area contributed by atoms with Crippen LogP contribution in [-0.4, -0.2) is 30.8 Å². The van der Waals surface area contributed by atoms with Gasteiger partial charge in [0.15, 0.2) is 0 Å². The second-order valence-electron chi connectivity index (χ2n) is 6.00. The summed E-state index contributed by atoms with van der Waals surface area (Å²) in [4.78, 5) is 39.3. The van der Waals surface area contributed by atoms with Crippen LogP contribution in [0.4, 0.5) is 23.0 Å². The van der Waals surface area contributed by atoms with Crippen molar-refractivity contribution < 1.29 is 9.72 Å². The first-order chi connectivity index (χ1) is 14.6. The van der Waals surface area contributed by atoms with Gasteiger partial charge in [-0.3, -0.25) is 35.7 Å². The highest BCUT2D eigenvalue weighted by atomic mass is 16.6. The Morgan fingerprint density at radius 2 is 1.70 bits per heavy atom. The lowest BCUT2D eigenvalue weighted by Crippen LogP contribution is -2.30. The fourth-order valence-corrected chi connectivity index (χ4v) is 2.76. The number of hydrogen-bond acceptors (Lipinski definition) is 9. The molecule has 0 fully saturated rings. The van der Waals surface area contributed by atoms with Crippen LogP contribution < -0.4 is 16.2 Å². The van der Waals surface area contributed by atoms with Crippen LogP contribution in [0.15, 0.2) is 67.4 Å². The molecule has 4 rings (SSSR count). The molecule has 11 heteroatoms. The highest BCUT2D eigenvalue weighted by Gasteiger charge is 2.24. The molecule has 0 aliphatic heterocycles. The number of nitro groups is 1. The van der Waals surface area contributed by atoms with Gasteiger partial charge >= 0.3 is 5.69 Å². The summed E-state index contributed by atoms with van der Waals surface area (Å²) in [5.41, 5.74) is 5.94. The zero-order valence-electron chi connectivity index (χ0n) is 15.3. The fraction of sp³-hybridized carbons (Fsp3) is 0. The minimum absolute atomic E-state index is 0.0474. The van der Waals surface area contributed by atoms with Gasteiger partial charge in [0, 0.05) is 29.5 Å². The number of rotatable bonds is 6. The van der Waals surface area contributed by atoms with Gasteiger partial charge in [0.1, 0.15) is 6.33 Å². The maximum atomic E-state index is 12.2. The van der Waals surface area contributed by atoms with Crippen LogP contribution in [0.25, 0.3) is 10.9 Å². The van der Waals surface area contributed by atoms with E-state index in [1.807, 2.05) is 12.1 Å². The van der Waals surface area contributed by atoms with Gasteiger partial charge in [-0.2, -0.15) is 0 Å². The van der Waals surface area contributed by atoms with Crippen LogP contribution >= 0.6 is 0 Å². The smallest absolute Gasteiger partial charge is 0.332 e. The van der Waals surface area contributed by atoms with Gasteiger partial charge < -0.3 is 5.32 Å². The number of benzene rings is 1. The van der Waals surface area contributed by atoms with E-state index < -0.39 is 16.5 Å². The Kier molecular flexibility index (Phi) is 5.07. The Hall–Kier alpha value is -4.67. The molecule has 0 spiro atoms. The third-order valence-electron chi connectivity index (χ3n) is 4.13. The van der Waals surface area contributed by atoms with Crippen LogP contribution in [0, 0.1) is 10.1 Å². The van der Waals surface area contributed by atoms with Crippen LogP contribution in [0.3, 0.4) is 0 Å². The number of amides is 1. The molecule has 148 valence electrons. The average Bonchev–Trinajstić information content (AvgIpc) is 2.78. The van der Waals surface area contributed by atoms with Crippen LogP contribution in [0.5, 0.6) is 0 Å². The molecule has 0 bridgehead atoms. The van der Waals surface area contributed by atoms with E-state index in [1.165, 1.54) is 24.5 Å². The van der Waals surface area contributed by atoms with Crippen molar-refractivity contribution >= 4 is 39.8 Å². The summed E-state index contributed by atoms with van der Waals surface area (Å²) in [6, 6.07) is 12.1. The molecular formula is C19H14N8O3. The van der Waals surface area contributed by atoms with Crippen LogP contribution in [0.1, 0.15) is 10.4 Å². The average molecular weight is 402 g/mol. The molecule has 0 radical (unpaired) electrons. The van der Waals surface area contributed by atoms with Gasteiger partial charge in [-0.05, 0) is 24.3 Å². The number of pyridine rings is 2. The molecule has 3 N–H and O–H groups in total. The molecule has 1 amide bonds. The molecule has 0 saturated carbocycles.